The molecule has 0 aromatic heterocycles. The lowest BCUT2D eigenvalue weighted by Crippen LogP contribution is -2.42. The number of hydrogen-bond acceptors (Lipinski definition) is 1. The van der Waals surface area contributed by atoms with Gasteiger partial charge in [0.25, 0.3) is 0 Å². The maximum Gasteiger partial charge on any atom is 0.0453 e. The minimum atomic E-state index is -0.211. The van der Waals surface area contributed by atoms with Gasteiger partial charge in [-0.3, -0.25) is 0 Å². The Labute approximate surface area is 121 Å². The van der Waals surface area contributed by atoms with Crippen LogP contribution in [0.1, 0.15) is 47.9 Å². The quantitative estimate of drug-likeness (QED) is 0.861. The predicted molar refractivity (Wildman–Crippen MR) is 84.8 cm³/mol. The number of rotatable bonds is 2. The Kier molecular flexibility index (Phi) is 3.39. The fourth-order valence-electron chi connectivity index (χ4n) is 3.51. The molecule has 2 aromatic carbocycles. The average molecular weight is 265 g/mol. The van der Waals surface area contributed by atoms with Crippen LogP contribution < -0.4 is 5.73 Å². The van der Waals surface area contributed by atoms with Gasteiger partial charge in [0.1, 0.15) is 0 Å². The molecule has 2 aromatic rings. The summed E-state index contributed by atoms with van der Waals surface area (Å²) in [5.41, 5.74) is 12.0. The number of benzene rings is 2. The van der Waals surface area contributed by atoms with Gasteiger partial charge in [0.05, 0.1) is 0 Å². The van der Waals surface area contributed by atoms with E-state index in [0.29, 0.717) is 5.92 Å². The van der Waals surface area contributed by atoms with E-state index in [1.54, 1.807) is 0 Å². The van der Waals surface area contributed by atoms with Gasteiger partial charge in [-0.05, 0) is 48.8 Å². The molecule has 3 rings (SSSR count). The zero-order valence-corrected chi connectivity index (χ0v) is 12.4. The van der Waals surface area contributed by atoms with Gasteiger partial charge in [0.15, 0.2) is 0 Å². The van der Waals surface area contributed by atoms with Crippen LogP contribution in [0.5, 0.6) is 0 Å². The SMILES string of the molecule is Cc1cccc(CC2(N)CCC(C)c3ccccc32)c1. The van der Waals surface area contributed by atoms with Crippen molar-refractivity contribution in [2.75, 3.05) is 0 Å². The van der Waals surface area contributed by atoms with Crippen molar-refractivity contribution in [2.24, 2.45) is 5.73 Å². The van der Waals surface area contributed by atoms with Gasteiger partial charge in [-0.2, -0.15) is 0 Å². The zero-order chi connectivity index (χ0) is 14.2. The van der Waals surface area contributed by atoms with Gasteiger partial charge in [-0.15, -0.1) is 0 Å². The summed E-state index contributed by atoms with van der Waals surface area (Å²) in [6, 6.07) is 17.5. The lowest BCUT2D eigenvalue weighted by Gasteiger charge is -2.38. The fourth-order valence-corrected chi connectivity index (χ4v) is 3.51. The molecule has 0 fully saturated rings. The maximum absolute atomic E-state index is 6.82. The van der Waals surface area contributed by atoms with Crippen LogP contribution in [0.4, 0.5) is 0 Å². The molecule has 2 unspecified atom stereocenters. The van der Waals surface area contributed by atoms with Gasteiger partial charge in [-0.1, -0.05) is 61.0 Å². The molecule has 0 heterocycles. The van der Waals surface area contributed by atoms with Crippen molar-refractivity contribution in [2.45, 2.75) is 44.6 Å². The lowest BCUT2D eigenvalue weighted by molar-refractivity contribution is 0.349. The fraction of sp³-hybridized carbons (Fsp3) is 0.368. The Bertz CT molecular complexity index is 617. The molecule has 1 heteroatoms. The summed E-state index contributed by atoms with van der Waals surface area (Å²) in [6.07, 6.45) is 3.18. The van der Waals surface area contributed by atoms with Crippen LogP contribution in [0, 0.1) is 6.92 Å². The summed E-state index contributed by atoms with van der Waals surface area (Å²) in [5, 5.41) is 0. The lowest BCUT2D eigenvalue weighted by atomic mass is 9.70. The highest BCUT2D eigenvalue weighted by Gasteiger charge is 2.35. The van der Waals surface area contributed by atoms with E-state index in [0.717, 1.165) is 12.8 Å². The van der Waals surface area contributed by atoms with Crippen molar-refractivity contribution in [3.8, 4) is 0 Å². The normalized spacial score (nSPS) is 25.2. The summed E-state index contributed by atoms with van der Waals surface area (Å²) >= 11 is 0. The van der Waals surface area contributed by atoms with Crippen molar-refractivity contribution in [3.63, 3.8) is 0 Å². The maximum atomic E-state index is 6.82. The molecule has 104 valence electrons. The van der Waals surface area contributed by atoms with Crippen LogP contribution in [0.3, 0.4) is 0 Å². The third-order valence-corrected chi connectivity index (χ3v) is 4.65. The van der Waals surface area contributed by atoms with E-state index in [1.807, 2.05) is 0 Å². The van der Waals surface area contributed by atoms with Crippen LogP contribution in [0.25, 0.3) is 0 Å². The largest absolute Gasteiger partial charge is 0.321 e. The Balaban J connectivity index is 1.98. The van der Waals surface area contributed by atoms with Crippen molar-refractivity contribution >= 4 is 0 Å². The standard InChI is InChI=1S/C19H23N/c1-14-6-5-7-16(12-14)13-19(20)11-10-15(2)17-8-3-4-9-18(17)19/h3-9,12,15H,10-11,13,20H2,1-2H3. The van der Waals surface area contributed by atoms with E-state index >= 15 is 0 Å². The van der Waals surface area contributed by atoms with Crippen molar-refractivity contribution in [3.05, 3.63) is 70.8 Å². The Morgan fingerprint density at radius 2 is 1.95 bits per heavy atom. The number of aryl methyl sites for hydroxylation is 1. The monoisotopic (exact) mass is 265 g/mol. The highest BCUT2D eigenvalue weighted by atomic mass is 14.8. The van der Waals surface area contributed by atoms with Gasteiger partial charge < -0.3 is 5.73 Å². The van der Waals surface area contributed by atoms with Crippen molar-refractivity contribution < 1.29 is 0 Å². The first-order chi connectivity index (χ1) is 9.58. The van der Waals surface area contributed by atoms with Crippen LogP contribution in [-0.2, 0) is 12.0 Å². The van der Waals surface area contributed by atoms with Gasteiger partial charge >= 0.3 is 0 Å². The van der Waals surface area contributed by atoms with E-state index < -0.39 is 0 Å². The van der Waals surface area contributed by atoms with Crippen LogP contribution in [0.15, 0.2) is 48.5 Å². The van der Waals surface area contributed by atoms with E-state index in [9.17, 15) is 0 Å². The molecule has 0 saturated carbocycles. The second kappa shape index (κ2) is 5.06. The Hall–Kier alpha value is -1.60. The summed E-state index contributed by atoms with van der Waals surface area (Å²) in [6.45, 7) is 4.45. The van der Waals surface area contributed by atoms with E-state index in [1.165, 1.54) is 28.7 Å². The highest BCUT2D eigenvalue weighted by Crippen LogP contribution is 2.41. The summed E-state index contributed by atoms with van der Waals surface area (Å²) < 4.78 is 0. The first kappa shape index (κ1) is 13.4. The third-order valence-electron chi connectivity index (χ3n) is 4.65. The van der Waals surface area contributed by atoms with Crippen LogP contribution >= 0.6 is 0 Å². The molecule has 20 heavy (non-hydrogen) atoms. The molecule has 1 nitrogen and oxygen atoms in total. The summed E-state index contributed by atoms with van der Waals surface area (Å²) in [4.78, 5) is 0. The highest BCUT2D eigenvalue weighted by molar-refractivity contribution is 5.40. The van der Waals surface area contributed by atoms with Crippen molar-refractivity contribution in [1.82, 2.24) is 0 Å². The minimum Gasteiger partial charge on any atom is -0.321 e. The topological polar surface area (TPSA) is 26.0 Å². The second-order valence-corrected chi connectivity index (χ2v) is 6.35. The molecule has 0 saturated heterocycles. The molecule has 0 radical (unpaired) electrons. The predicted octanol–water partition coefficient (Wildman–Crippen LogP) is 4.29. The molecule has 1 aliphatic rings. The first-order valence-electron chi connectivity index (χ1n) is 7.52. The summed E-state index contributed by atoms with van der Waals surface area (Å²) in [5.74, 6) is 0.625. The molecule has 1 aliphatic carbocycles. The van der Waals surface area contributed by atoms with E-state index in [-0.39, 0.29) is 5.54 Å². The van der Waals surface area contributed by atoms with Crippen LogP contribution in [-0.4, -0.2) is 0 Å². The molecule has 0 bridgehead atoms. The smallest absolute Gasteiger partial charge is 0.0453 e. The molecular formula is C19H23N. The molecule has 2 atom stereocenters. The summed E-state index contributed by atoms with van der Waals surface area (Å²) in [7, 11) is 0. The van der Waals surface area contributed by atoms with E-state index in [4.69, 9.17) is 5.73 Å². The number of nitrogens with two attached hydrogens (primary N) is 1. The molecule has 0 aliphatic heterocycles. The average Bonchev–Trinajstić information content (AvgIpc) is 2.44. The third kappa shape index (κ3) is 2.38. The zero-order valence-electron chi connectivity index (χ0n) is 12.4. The van der Waals surface area contributed by atoms with Crippen molar-refractivity contribution in [1.29, 1.82) is 0 Å². The molecular weight excluding hydrogens is 242 g/mol. The number of hydrogen-bond donors (Lipinski definition) is 1. The first-order valence-corrected chi connectivity index (χ1v) is 7.52. The number of fused-ring (bicyclic) bond motifs is 1. The minimum absolute atomic E-state index is 0.211. The van der Waals surface area contributed by atoms with Gasteiger partial charge in [0, 0.05) is 5.54 Å². The Morgan fingerprint density at radius 1 is 1.15 bits per heavy atom. The Morgan fingerprint density at radius 3 is 2.75 bits per heavy atom. The van der Waals surface area contributed by atoms with Crippen LogP contribution in [0.2, 0.25) is 0 Å². The van der Waals surface area contributed by atoms with Gasteiger partial charge in [0.2, 0.25) is 0 Å². The van der Waals surface area contributed by atoms with Gasteiger partial charge in [-0.25, -0.2) is 0 Å². The molecule has 0 amide bonds. The van der Waals surface area contributed by atoms with E-state index in [2.05, 4.69) is 62.4 Å². The molecule has 2 N–H and O–H groups in total. The second-order valence-electron chi connectivity index (χ2n) is 6.35. The molecule has 0 spiro atoms.